The first-order valence-corrected chi connectivity index (χ1v) is 9.99. The van der Waals surface area contributed by atoms with Gasteiger partial charge in [0.25, 0.3) is 0 Å². The van der Waals surface area contributed by atoms with Crippen molar-refractivity contribution in [2.45, 2.75) is 30.0 Å². The Hall–Kier alpha value is -1.25. The number of carbonyl (C=O) groups excluding carboxylic acids is 1. The van der Waals surface area contributed by atoms with E-state index in [1.807, 2.05) is 24.3 Å². The summed E-state index contributed by atoms with van der Waals surface area (Å²) >= 11 is 12.7. The van der Waals surface area contributed by atoms with Crippen LogP contribution in [0.2, 0.25) is 0 Å². The number of nitrogens with one attached hydrogen (secondary N) is 1. The quantitative estimate of drug-likeness (QED) is 0.678. The molecule has 1 amide bonds. The maximum atomic E-state index is 12.9. The highest BCUT2D eigenvalue weighted by atomic mass is 35.5. The third-order valence-corrected chi connectivity index (χ3v) is 7.79. The third-order valence-electron chi connectivity index (χ3n) is 6.67. The second-order valence-corrected chi connectivity index (χ2v) is 9.36. The van der Waals surface area contributed by atoms with E-state index in [-0.39, 0.29) is 11.8 Å². The van der Waals surface area contributed by atoms with Crippen LogP contribution in [-0.4, -0.2) is 10.2 Å². The van der Waals surface area contributed by atoms with Crippen molar-refractivity contribution < 1.29 is 4.79 Å². The number of alkyl halides is 2. The van der Waals surface area contributed by atoms with Crippen LogP contribution >= 0.6 is 23.2 Å². The van der Waals surface area contributed by atoms with E-state index in [0.29, 0.717) is 23.7 Å². The Morgan fingerprint density at radius 2 is 1.56 bits per heavy atom. The number of benzene rings is 2. The second-order valence-electron chi connectivity index (χ2n) is 7.91. The number of halogens is 2. The van der Waals surface area contributed by atoms with Crippen LogP contribution in [0.15, 0.2) is 42.5 Å². The van der Waals surface area contributed by atoms with Gasteiger partial charge in [0.2, 0.25) is 5.91 Å². The summed E-state index contributed by atoms with van der Waals surface area (Å²) in [5.41, 5.74) is 0.922. The van der Waals surface area contributed by atoms with E-state index in [0.717, 1.165) is 42.1 Å². The Balaban J connectivity index is 1.30. The van der Waals surface area contributed by atoms with Gasteiger partial charge < -0.3 is 5.32 Å². The SMILES string of the molecule is O=C(Nc1cccc2ccccc12)C1[C@H]2CC[C@H]3[C@@H](CC[C@@H]12)C3(Cl)Cl. The lowest BCUT2D eigenvalue weighted by Gasteiger charge is -2.09. The Morgan fingerprint density at radius 3 is 2.28 bits per heavy atom. The standard InChI is InChI=1S/C21H21Cl2NO/c22-21(23)16-10-8-14-15(9-11-17(16)21)19(14)20(25)24-18-7-3-5-12-4-1-2-6-13(12)18/h1-7,14-17,19H,8-11H2,(H,24,25)/t14-,15+,16-,17+,19?. The Labute approximate surface area is 157 Å². The highest BCUT2D eigenvalue weighted by Crippen LogP contribution is 2.67. The minimum Gasteiger partial charge on any atom is -0.325 e. The molecule has 0 aliphatic heterocycles. The molecule has 5 atom stereocenters. The molecule has 0 aromatic heterocycles. The zero-order valence-corrected chi connectivity index (χ0v) is 15.4. The third kappa shape index (κ3) is 2.57. The van der Waals surface area contributed by atoms with E-state index >= 15 is 0 Å². The lowest BCUT2D eigenvalue weighted by Crippen LogP contribution is -2.16. The molecule has 2 aromatic rings. The summed E-state index contributed by atoms with van der Waals surface area (Å²) in [5.74, 6) is 2.26. The van der Waals surface area contributed by atoms with Crippen LogP contribution < -0.4 is 5.32 Å². The molecule has 0 radical (unpaired) electrons. The number of anilines is 1. The first kappa shape index (κ1) is 16.0. The van der Waals surface area contributed by atoms with E-state index in [9.17, 15) is 4.79 Å². The van der Waals surface area contributed by atoms with Crippen molar-refractivity contribution in [3.8, 4) is 0 Å². The fourth-order valence-electron chi connectivity index (χ4n) is 5.16. The molecule has 0 saturated heterocycles. The highest BCUT2D eigenvalue weighted by molar-refractivity contribution is 6.51. The van der Waals surface area contributed by atoms with E-state index in [2.05, 4.69) is 23.5 Å². The van der Waals surface area contributed by atoms with E-state index in [1.54, 1.807) is 0 Å². The first-order chi connectivity index (χ1) is 12.1. The number of fused-ring (bicyclic) bond motifs is 3. The van der Waals surface area contributed by atoms with Crippen LogP contribution in [0, 0.1) is 29.6 Å². The summed E-state index contributed by atoms with van der Waals surface area (Å²) in [6.07, 6.45) is 4.30. The molecule has 4 heteroatoms. The maximum Gasteiger partial charge on any atom is 0.228 e. The van der Waals surface area contributed by atoms with Gasteiger partial charge >= 0.3 is 0 Å². The molecule has 0 spiro atoms. The molecule has 3 saturated carbocycles. The van der Waals surface area contributed by atoms with Gasteiger partial charge in [-0.25, -0.2) is 0 Å². The van der Waals surface area contributed by atoms with Crippen molar-refractivity contribution >= 4 is 45.6 Å². The zero-order valence-electron chi connectivity index (χ0n) is 13.9. The number of carbonyl (C=O) groups is 1. The van der Waals surface area contributed by atoms with Crippen LogP contribution in [0.4, 0.5) is 5.69 Å². The summed E-state index contributed by atoms with van der Waals surface area (Å²) in [6.45, 7) is 0. The fraction of sp³-hybridized carbons (Fsp3) is 0.476. The van der Waals surface area contributed by atoms with Crippen molar-refractivity contribution in [1.82, 2.24) is 0 Å². The van der Waals surface area contributed by atoms with Gasteiger partial charge in [0.1, 0.15) is 4.33 Å². The number of rotatable bonds is 2. The minimum absolute atomic E-state index is 0.163. The monoisotopic (exact) mass is 373 g/mol. The van der Waals surface area contributed by atoms with E-state index < -0.39 is 4.33 Å². The van der Waals surface area contributed by atoms with Gasteiger partial charge in [0, 0.05) is 17.0 Å². The molecule has 1 unspecified atom stereocenters. The predicted octanol–water partition coefficient (Wildman–Crippen LogP) is 5.63. The van der Waals surface area contributed by atoms with Crippen molar-refractivity contribution in [2.75, 3.05) is 5.32 Å². The molecule has 0 bridgehead atoms. The predicted molar refractivity (Wildman–Crippen MR) is 103 cm³/mol. The summed E-state index contributed by atoms with van der Waals surface area (Å²) < 4.78 is -0.489. The zero-order chi connectivity index (χ0) is 17.2. The van der Waals surface area contributed by atoms with Gasteiger partial charge in [-0.2, -0.15) is 0 Å². The van der Waals surface area contributed by atoms with Crippen LogP contribution in [0.1, 0.15) is 25.7 Å². The molecule has 25 heavy (non-hydrogen) atoms. The summed E-state index contributed by atoms with van der Waals surface area (Å²) in [4.78, 5) is 12.9. The summed E-state index contributed by atoms with van der Waals surface area (Å²) in [7, 11) is 0. The van der Waals surface area contributed by atoms with Gasteiger partial charge in [-0.15, -0.1) is 23.2 Å². The fourth-order valence-corrected chi connectivity index (χ4v) is 6.08. The maximum absolute atomic E-state index is 12.9. The Bertz CT molecular complexity index is 821. The van der Waals surface area contributed by atoms with Crippen LogP contribution in [0.5, 0.6) is 0 Å². The summed E-state index contributed by atoms with van der Waals surface area (Å²) in [5, 5.41) is 5.45. The molecule has 0 heterocycles. The molecule has 2 nitrogen and oxygen atoms in total. The second kappa shape index (κ2) is 5.62. The number of amides is 1. The molecule has 1 N–H and O–H groups in total. The molecular weight excluding hydrogens is 353 g/mol. The largest absolute Gasteiger partial charge is 0.325 e. The molecule has 3 aliphatic rings. The summed E-state index contributed by atoms with van der Waals surface area (Å²) in [6, 6.07) is 14.3. The molecule has 130 valence electrons. The average molecular weight is 374 g/mol. The van der Waals surface area contributed by atoms with Crippen molar-refractivity contribution in [1.29, 1.82) is 0 Å². The van der Waals surface area contributed by atoms with Crippen LogP contribution in [-0.2, 0) is 4.79 Å². The smallest absolute Gasteiger partial charge is 0.228 e. The lowest BCUT2D eigenvalue weighted by molar-refractivity contribution is -0.117. The molecule has 5 rings (SSSR count). The van der Waals surface area contributed by atoms with Gasteiger partial charge in [-0.3, -0.25) is 4.79 Å². The molecular formula is C21H21Cl2NO. The van der Waals surface area contributed by atoms with Crippen LogP contribution in [0.25, 0.3) is 10.8 Å². The average Bonchev–Trinajstić information content (AvgIpc) is 3.40. The van der Waals surface area contributed by atoms with Gasteiger partial charge in [0.15, 0.2) is 0 Å². The minimum atomic E-state index is -0.489. The normalized spacial score (nSPS) is 35.0. The lowest BCUT2D eigenvalue weighted by atomic mass is 10.0. The van der Waals surface area contributed by atoms with Gasteiger partial charge in [-0.05, 0) is 60.8 Å². The Morgan fingerprint density at radius 1 is 0.920 bits per heavy atom. The Kier molecular flexibility index (Phi) is 3.59. The molecule has 2 aromatic carbocycles. The van der Waals surface area contributed by atoms with E-state index in [4.69, 9.17) is 23.2 Å². The van der Waals surface area contributed by atoms with E-state index in [1.165, 1.54) is 0 Å². The number of hydrogen-bond acceptors (Lipinski definition) is 1. The number of hydrogen-bond donors (Lipinski definition) is 1. The highest BCUT2D eigenvalue weighted by Gasteiger charge is 2.65. The van der Waals surface area contributed by atoms with Crippen LogP contribution in [0.3, 0.4) is 0 Å². The van der Waals surface area contributed by atoms with Crippen molar-refractivity contribution in [3.05, 3.63) is 42.5 Å². The van der Waals surface area contributed by atoms with Gasteiger partial charge in [-0.1, -0.05) is 36.4 Å². The van der Waals surface area contributed by atoms with Gasteiger partial charge in [0.05, 0.1) is 0 Å². The topological polar surface area (TPSA) is 29.1 Å². The van der Waals surface area contributed by atoms with Crippen molar-refractivity contribution in [2.24, 2.45) is 29.6 Å². The molecule has 3 aliphatic carbocycles. The molecule has 3 fully saturated rings. The first-order valence-electron chi connectivity index (χ1n) is 9.24. The van der Waals surface area contributed by atoms with Crippen molar-refractivity contribution in [3.63, 3.8) is 0 Å².